The molecule has 2 atom stereocenters. The van der Waals surface area contributed by atoms with Gasteiger partial charge in [-0.15, -0.1) is 0 Å². The number of halogens is 1. The molecule has 2 unspecified atom stereocenters. The SMILES string of the molecule is CNCC(CC1CCCO1)c1cccc(Cl)c1. The summed E-state index contributed by atoms with van der Waals surface area (Å²) in [6.45, 7) is 1.90. The number of likely N-dealkylation sites (N-methyl/N-ethyl adjacent to an activating group) is 1. The molecule has 17 heavy (non-hydrogen) atoms. The molecule has 1 N–H and O–H groups in total. The molecule has 94 valence electrons. The van der Waals surface area contributed by atoms with Crippen molar-refractivity contribution < 1.29 is 4.74 Å². The van der Waals surface area contributed by atoms with E-state index in [4.69, 9.17) is 16.3 Å². The van der Waals surface area contributed by atoms with Gasteiger partial charge >= 0.3 is 0 Å². The zero-order valence-electron chi connectivity index (χ0n) is 10.3. The number of benzene rings is 1. The van der Waals surface area contributed by atoms with Gasteiger partial charge in [-0.05, 0) is 49.9 Å². The third kappa shape index (κ3) is 3.70. The van der Waals surface area contributed by atoms with Crippen molar-refractivity contribution in [1.29, 1.82) is 0 Å². The highest BCUT2D eigenvalue weighted by Gasteiger charge is 2.21. The first-order valence-electron chi connectivity index (χ1n) is 6.31. The maximum Gasteiger partial charge on any atom is 0.0582 e. The average molecular weight is 254 g/mol. The van der Waals surface area contributed by atoms with Crippen molar-refractivity contribution in [1.82, 2.24) is 5.32 Å². The van der Waals surface area contributed by atoms with E-state index in [1.165, 1.54) is 18.4 Å². The summed E-state index contributed by atoms with van der Waals surface area (Å²) in [5, 5.41) is 4.08. The van der Waals surface area contributed by atoms with Crippen LogP contribution in [0.3, 0.4) is 0 Å². The summed E-state index contributed by atoms with van der Waals surface area (Å²) in [6, 6.07) is 8.17. The first-order valence-corrected chi connectivity index (χ1v) is 6.69. The normalized spacial score (nSPS) is 21.6. The van der Waals surface area contributed by atoms with Gasteiger partial charge in [0.2, 0.25) is 0 Å². The van der Waals surface area contributed by atoms with Crippen LogP contribution in [-0.2, 0) is 4.74 Å². The van der Waals surface area contributed by atoms with Crippen LogP contribution in [0.25, 0.3) is 0 Å². The fourth-order valence-electron chi connectivity index (χ4n) is 2.49. The zero-order chi connectivity index (χ0) is 12.1. The minimum atomic E-state index is 0.423. The molecule has 0 aromatic heterocycles. The molecule has 0 bridgehead atoms. The van der Waals surface area contributed by atoms with Crippen LogP contribution in [-0.4, -0.2) is 26.3 Å². The Morgan fingerprint density at radius 1 is 1.53 bits per heavy atom. The number of ether oxygens (including phenoxy) is 1. The van der Waals surface area contributed by atoms with E-state index in [1.54, 1.807) is 0 Å². The smallest absolute Gasteiger partial charge is 0.0582 e. The molecule has 3 heteroatoms. The molecule has 1 fully saturated rings. The Kier molecular flexibility index (Phi) is 4.84. The van der Waals surface area contributed by atoms with E-state index >= 15 is 0 Å². The van der Waals surface area contributed by atoms with Gasteiger partial charge in [0.15, 0.2) is 0 Å². The summed E-state index contributed by atoms with van der Waals surface area (Å²) in [5.74, 6) is 0.488. The zero-order valence-corrected chi connectivity index (χ0v) is 11.0. The van der Waals surface area contributed by atoms with Gasteiger partial charge in [-0.25, -0.2) is 0 Å². The van der Waals surface area contributed by atoms with Crippen LogP contribution < -0.4 is 5.32 Å². The summed E-state index contributed by atoms with van der Waals surface area (Å²) >= 11 is 6.05. The second-order valence-corrected chi connectivity index (χ2v) is 5.12. The fraction of sp³-hybridized carbons (Fsp3) is 0.571. The van der Waals surface area contributed by atoms with Crippen molar-refractivity contribution >= 4 is 11.6 Å². The van der Waals surface area contributed by atoms with E-state index in [2.05, 4.69) is 17.4 Å². The molecule has 1 heterocycles. The van der Waals surface area contributed by atoms with Crippen LogP contribution >= 0.6 is 11.6 Å². The fourth-order valence-corrected chi connectivity index (χ4v) is 2.69. The van der Waals surface area contributed by atoms with Crippen molar-refractivity contribution in [2.24, 2.45) is 0 Å². The lowest BCUT2D eigenvalue weighted by atomic mass is 9.92. The van der Waals surface area contributed by atoms with Gasteiger partial charge in [0.1, 0.15) is 0 Å². The van der Waals surface area contributed by atoms with Crippen molar-refractivity contribution in [2.45, 2.75) is 31.3 Å². The Balaban J connectivity index is 2.04. The Morgan fingerprint density at radius 2 is 2.41 bits per heavy atom. The predicted octanol–water partition coefficient (Wildman–Crippen LogP) is 3.21. The summed E-state index contributed by atoms with van der Waals surface area (Å²) in [5.41, 5.74) is 1.31. The van der Waals surface area contributed by atoms with E-state index in [9.17, 15) is 0 Å². The molecule has 2 nitrogen and oxygen atoms in total. The lowest BCUT2D eigenvalue weighted by Gasteiger charge is -2.20. The maximum atomic E-state index is 6.05. The third-order valence-corrected chi connectivity index (χ3v) is 3.58. The standard InChI is InChI=1S/C14H20ClNO/c1-16-10-12(9-14-6-3-7-17-14)11-4-2-5-13(15)8-11/h2,4-5,8,12,14,16H,3,6-7,9-10H2,1H3. The summed E-state index contributed by atoms with van der Waals surface area (Å²) < 4.78 is 5.72. The monoisotopic (exact) mass is 253 g/mol. The lowest BCUT2D eigenvalue weighted by molar-refractivity contribution is 0.0978. The van der Waals surface area contributed by atoms with Crippen molar-refractivity contribution in [3.05, 3.63) is 34.9 Å². The molecule has 0 saturated carbocycles. The van der Waals surface area contributed by atoms with Crippen LogP contribution in [0.2, 0.25) is 5.02 Å². The van der Waals surface area contributed by atoms with Crippen LogP contribution in [0.1, 0.15) is 30.7 Å². The number of hydrogen-bond acceptors (Lipinski definition) is 2. The van der Waals surface area contributed by atoms with E-state index in [0.29, 0.717) is 12.0 Å². The molecule has 2 rings (SSSR count). The average Bonchev–Trinajstić information content (AvgIpc) is 2.81. The van der Waals surface area contributed by atoms with Gasteiger partial charge in [-0.3, -0.25) is 0 Å². The molecule has 1 aliphatic rings. The lowest BCUT2D eigenvalue weighted by Crippen LogP contribution is -2.21. The summed E-state index contributed by atoms with van der Waals surface area (Å²) in [6.07, 6.45) is 3.90. The number of rotatable bonds is 5. The van der Waals surface area contributed by atoms with Crippen LogP contribution in [0.5, 0.6) is 0 Å². The molecule has 0 radical (unpaired) electrons. The van der Waals surface area contributed by atoms with Crippen molar-refractivity contribution in [3.63, 3.8) is 0 Å². The van der Waals surface area contributed by atoms with Crippen LogP contribution in [0.4, 0.5) is 0 Å². The summed E-state index contributed by atoms with van der Waals surface area (Å²) in [4.78, 5) is 0. The first kappa shape index (κ1) is 12.9. The highest BCUT2D eigenvalue weighted by molar-refractivity contribution is 6.30. The van der Waals surface area contributed by atoms with Gasteiger partial charge in [0.25, 0.3) is 0 Å². The Morgan fingerprint density at radius 3 is 3.06 bits per heavy atom. The molecule has 0 spiro atoms. The maximum absolute atomic E-state index is 6.05. The second-order valence-electron chi connectivity index (χ2n) is 4.68. The summed E-state index contributed by atoms with van der Waals surface area (Å²) in [7, 11) is 1.99. The van der Waals surface area contributed by atoms with E-state index < -0.39 is 0 Å². The van der Waals surface area contributed by atoms with Gasteiger partial charge in [0.05, 0.1) is 6.10 Å². The molecule has 0 amide bonds. The van der Waals surface area contributed by atoms with E-state index in [0.717, 1.165) is 24.6 Å². The molecule has 1 saturated heterocycles. The highest BCUT2D eigenvalue weighted by Crippen LogP contribution is 2.27. The third-order valence-electron chi connectivity index (χ3n) is 3.34. The second kappa shape index (κ2) is 6.39. The quantitative estimate of drug-likeness (QED) is 0.870. The Labute approximate surface area is 108 Å². The minimum absolute atomic E-state index is 0.423. The first-order chi connectivity index (χ1) is 8.29. The van der Waals surface area contributed by atoms with Gasteiger partial charge in [0, 0.05) is 18.2 Å². The molecular formula is C14H20ClNO. The van der Waals surface area contributed by atoms with E-state index in [1.807, 2.05) is 19.2 Å². The van der Waals surface area contributed by atoms with Gasteiger partial charge < -0.3 is 10.1 Å². The number of hydrogen-bond donors (Lipinski definition) is 1. The largest absolute Gasteiger partial charge is 0.378 e. The highest BCUT2D eigenvalue weighted by atomic mass is 35.5. The molecular weight excluding hydrogens is 234 g/mol. The van der Waals surface area contributed by atoms with Gasteiger partial charge in [-0.1, -0.05) is 23.7 Å². The minimum Gasteiger partial charge on any atom is -0.378 e. The molecule has 1 aliphatic heterocycles. The van der Waals surface area contributed by atoms with Crippen LogP contribution in [0, 0.1) is 0 Å². The van der Waals surface area contributed by atoms with Crippen molar-refractivity contribution in [3.8, 4) is 0 Å². The number of nitrogens with one attached hydrogen (secondary N) is 1. The predicted molar refractivity (Wildman–Crippen MR) is 71.7 cm³/mol. The Hall–Kier alpha value is -0.570. The molecule has 1 aromatic carbocycles. The van der Waals surface area contributed by atoms with Crippen LogP contribution in [0.15, 0.2) is 24.3 Å². The molecule has 1 aromatic rings. The van der Waals surface area contributed by atoms with E-state index in [-0.39, 0.29) is 0 Å². The van der Waals surface area contributed by atoms with Crippen molar-refractivity contribution in [2.75, 3.05) is 20.2 Å². The Bertz CT molecular complexity index is 350. The molecule has 0 aliphatic carbocycles. The topological polar surface area (TPSA) is 21.3 Å². The van der Waals surface area contributed by atoms with Gasteiger partial charge in [-0.2, -0.15) is 0 Å².